The lowest BCUT2D eigenvalue weighted by Gasteiger charge is -2.22. The zero-order chi connectivity index (χ0) is 11.1. The van der Waals surface area contributed by atoms with Gasteiger partial charge in [-0.05, 0) is 34.1 Å². The van der Waals surface area contributed by atoms with Crippen LogP contribution in [0.4, 0.5) is 0 Å². The molecule has 0 saturated carbocycles. The molecule has 0 rings (SSSR count). The van der Waals surface area contributed by atoms with Crippen molar-refractivity contribution in [2.45, 2.75) is 65.6 Å². The van der Waals surface area contributed by atoms with Crippen LogP contribution in [0.25, 0.3) is 0 Å². The standard InChI is InChI=1S/C11H25N3/c1-6-7-8(2)13-9(3)10(4)14-11(5)12/h8-10,13H,6-7H2,1-5H3,(H2,12,14)/t8?,9-,10+/m1/s1. The van der Waals surface area contributed by atoms with Crippen molar-refractivity contribution in [1.29, 1.82) is 0 Å². The third-order valence-electron chi connectivity index (χ3n) is 2.40. The van der Waals surface area contributed by atoms with Gasteiger partial charge in [-0.2, -0.15) is 0 Å². The molecule has 0 aromatic rings. The lowest BCUT2D eigenvalue weighted by Crippen LogP contribution is -2.41. The lowest BCUT2D eigenvalue weighted by atomic mass is 10.1. The van der Waals surface area contributed by atoms with Gasteiger partial charge >= 0.3 is 0 Å². The first kappa shape index (κ1) is 13.4. The highest BCUT2D eigenvalue weighted by Gasteiger charge is 2.12. The highest BCUT2D eigenvalue weighted by Crippen LogP contribution is 2.02. The molecule has 84 valence electrons. The summed E-state index contributed by atoms with van der Waals surface area (Å²) < 4.78 is 0. The predicted molar refractivity (Wildman–Crippen MR) is 63.7 cm³/mol. The average molecular weight is 199 g/mol. The third-order valence-corrected chi connectivity index (χ3v) is 2.40. The molecule has 0 spiro atoms. The average Bonchev–Trinajstić information content (AvgIpc) is 2.02. The van der Waals surface area contributed by atoms with Crippen molar-refractivity contribution >= 4 is 5.84 Å². The van der Waals surface area contributed by atoms with Crippen molar-refractivity contribution in [2.75, 3.05) is 0 Å². The summed E-state index contributed by atoms with van der Waals surface area (Å²) in [4.78, 5) is 4.32. The van der Waals surface area contributed by atoms with Crippen LogP contribution in [0, 0.1) is 0 Å². The Hall–Kier alpha value is -0.570. The number of hydrogen-bond donors (Lipinski definition) is 2. The number of amidine groups is 1. The summed E-state index contributed by atoms with van der Waals surface area (Å²) in [6.45, 7) is 10.5. The number of nitrogens with one attached hydrogen (secondary N) is 1. The molecule has 0 aliphatic carbocycles. The van der Waals surface area contributed by atoms with Crippen molar-refractivity contribution in [1.82, 2.24) is 5.32 Å². The Labute approximate surface area is 88.2 Å². The number of hydrogen-bond acceptors (Lipinski definition) is 2. The molecule has 14 heavy (non-hydrogen) atoms. The molecule has 3 atom stereocenters. The van der Waals surface area contributed by atoms with Gasteiger partial charge in [-0.3, -0.25) is 4.99 Å². The van der Waals surface area contributed by atoms with Crippen molar-refractivity contribution in [2.24, 2.45) is 10.7 Å². The molecule has 0 aliphatic rings. The predicted octanol–water partition coefficient (Wildman–Crippen LogP) is 1.92. The quantitative estimate of drug-likeness (QED) is 0.507. The Morgan fingerprint density at radius 2 is 1.93 bits per heavy atom. The van der Waals surface area contributed by atoms with Crippen LogP contribution < -0.4 is 11.1 Å². The van der Waals surface area contributed by atoms with E-state index in [1.165, 1.54) is 12.8 Å². The van der Waals surface area contributed by atoms with Gasteiger partial charge in [0.15, 0.2) is 0 Å². The first-order chi connectivity index (χ1) is 6.47. The van der Waals surface area contributed by atoms with Crippen LogP contribution >= 0.6 is 0 Å². The number of aliphatic imine (C=N–C) groups is 1. The maximum absolute atomic E-state index is 5.54. The molecule has 1 unspecified atom stereocenters. The minimum Gasteiger partial charge on any atom is -0.388 e. The van der Waals surface area contributed by atoms with Gasteiger partial charge < -0.3 is 11.1 Å². The number of nitrogens with zero attached hydrogens (tertiary/aromatic N) is 1. The highest BCUT2D eigenvalue weighted by atomic mass is 15.0. The molecular formula is C11H25N3. The Bertz CT molecular complexity index is 173. The maximum atomic E-state index is 5.54. The Kier molecular flexibility index (Phi) is 6.54. The largest absolute Gasteiger partial charge is 0.388 e. The van der Waals surface area contributed by atoms with Gasteiger partial charge in [0, 0.05) is 12.1 Å². The fraction of sp³-hybridized carbons (Fsp3) is 0.909. The molecule has 0 heterocycles. The molecule has 3 N–H and O–H groups in total. The molecule has 0 bridgehead atoms. The minimum absolute atomic E-state index is 0.249. The van der Waals surface area contributed by atoms with Crippen molar-refractivity contribution in [3.63, 3.8) is 0 Å². The SMILES string of the molecule is CCCC(C)N[C@H](C)[C@H](C)N=C(C)N. The fourth-order valence-electron chi connectivity index (χ4n) is 1.54. The zero-order valence-electron chi connectivity index (χ0n) is 10.2. The summed E-state index contributed by atoms with van der Waals surface area (Å²) in [5.41, 5.74) is 5.54. The smallest absolute Gasteiger partial charge is 0.0909 e. The van der Waals surface area contributed by atoms with Crippen molar-refractivity contribution in [3.05, 3.63) is 0 Å². The summed E-state index contributed by atoms with van der Waals surface area (Å²) >= 11 is 0. The molecular weight excluding hydrogens is 174 g/mol. The van der Waals surface area contributed by atoms with Crippen LogP contribution in [0.5, 0.6) is 0 Å². The van der Waals surface area contributed by atoms with Crippen molar-refractivity contribution in [3.8, 4) is 0 Å². The van der Waals surface area contributed by atoms with E-state index in [1.807, 2.05) is 6.92 Å². The summed E-state index contributed by atoms with van der Waals surface area (Å²) in [5.74, 6) is 0.661. The zero-order valence-corrected chi connectivity index (χ0v) is 10.2. The van der Waals surface area contributed by atoms with Gasteiger partial charge in [-0.25, -0.2) is 0 Å². The van der Waals surface area contributed by atoms with E-state index in [4.69, 9.17) is 5.73 Å². The summed E-state index contributed by atoms with van der Waals surface area (Å²) in [6, 6.07) is 1.19. The monoisotopic (exact) mass is 199 g/mol. The van der Waals surface area contributed by atoms with Crippen molar-refractivity contribution < 1.29 is 0 Å². The summed E-state index contributed by atoms with van der Waals surface area (Å²) in [6.07, 6.45) is 2.43. The van der Waals surface area contributed by atoms with Crippen LogP contribution in [0.2, 0.25) is 0 Å². The first-order valence-electron chi connectivity index (χ1n) is 5.53. The number of nitrogens with two attached hydrogens (primary N) is 1. The van der Waals surface area contributed by atoms with Gasteiger partial charge in [0.2, 0.25) is 0 Å². The van der Waals surface area contributed by atoms with Gasteiger partial charge in [0.1, 0.15) is 0 Å². The molecule has 0 amide bonds. The maximum Gasteiger partial charge on any atom is 0.0909 e. The summed E-state index contributed by atoms with van der Waals surface area (Å²) in [5, 5.41) is 3.52. The van der Waals surface area contributed by atoms with Crippen LogP contribution in [0.3, 0.4) is 0 Å². The fourth-order valence-corrected chi connectivity index (χ4v) is 1.54. The van der Waals surface area contributed by atoms with Gasteiger partial charge in [0.05, 0.1) is 11.9 Å². The van der Waals surface area contributed by atoms with Crippen LogP contribution in [0.1, 0.15) is 47.5 Å². The highest BCUT2D eigenvalue weighted by molar-refractivity contribution is 5.77. The van der Waals surface area contributed by atoms with Gasteiger partial charge in [-0.15, -0.1) is 0 Å². The number of rotatable bonds is 6. The lowest BCUT2D eigenvalue weighted by molar-refractivity contribution is 0.406. The molecule has 0 aromatic heterocycles. The Morgan fingerprint density at radius 1 is 1.36 bits per heavy atom. The molecule has 0 radical (unpaired) electrons. The molecule has 3 heteroatoms. The van der Waals surface area contributed by atoms with E-state index < -0.39 is 0 Å². The second kappa shape index (κ2) is 6.82. The topological polar surface area (TPSA) is 50.4 Å². The molecule has 0 aromatic carbocycles. The van der Waals surface area contributed by atoms with E-state index in [-0.39, 0.29) is 6.04 Å². The molecule has 0 aliphatic heterocycles. The Morgan fingerprint density at radius 3 is 2.36 bits per heavy atom. The Balaban J connectivity index is 3.94. The van der Waals surface area contributed by atoms with Gasteiger partial charge in [0.25, 0.3) is 0 Å². The summed E-state index contributed by atoms with van der Waals surface area (Å²) in [7, 11) is 0. The van der Waals surface area contributed by atoms with Crippen LogP contribution in [-0.2, 0) is 0 Å². The van der Waals surface area contributed by atoms with E-state index in [9.17, 15) is 0 Å². The van der Waals surface area contributed by atoms with Crippen LogP contribution in [0.15, 0.2) is 4.99 Å². The van der Waals surface area contributed by atoms with Gasteiger partial charge in [-0.1, -0.05) is 13.3 Å². The minimum atomic E-state index is 0.249. The van der Waals surface area contributed by atoms with E-state index in [1.54, 1.807) is 0 Å². The third kappa shape index (κ3) is 5.97. The molecule has 0 fully saturated rings. The second-order valence-electron chi connectivity index (χ2n) is 4.16. The normalized spacial score (nSPS) is 19.1. The second-order valence-corrected chi connectivity index (χ2v) is 4.16. The van der Waals surface area contributed by atoms with E-state index in [2.05, 4.69) is 38.0 Å². The van der Waals surface area contributed by atoms with Crippen LogP contribution in [-0.4, -0.2) is 24.0 Å². The van der Waals surface area contributed by atoms with E-state index >= 15 is 0 Å². The molecule has 0 saturated heterocycles. The van der Waals surface area contributed by atoms with E-state index in [0.717, 1.165) is 0 Å². The first-order valence-corrected chi connectivity index (χ1v) is 5.53. The van der Waals surface area contributed by atoms with E-state index in [0.29, 0.717) is 17.9 Å². The molecule has 3 nitrogen and oxygen atoms in total.